The molecule has 0 saturated heterocycles. The van der Waals surface area contributed by atoms with E-state index in [4.69, 9.17) is 16.3 Å². The number of hydrogen-bond acceptors (Lipinski definition) is 5. The highest BCUT2D eigenvalue weighted by Crippen LogP contribution is 2.40. The zero-order valence-corrected chi connectivity index (χ0v) is 15.1. The van der Waals surface area contributed by atoms with Gasteiger partial charge in [0.05, 0.1) is 30.2 Å². The van der Waals surface area contributed by atoms with Crippen molar-refractivity contribution < 1.29 is 14.6 Å². The van der Waals surface area contributed by atoms with Gasteiger partial charge in [-0.15, -0.1) is 0 Å². The molecule has 1 aliphatic heterocycles. The van der Waals surface area contributed by atoms with Gasteiger partial charge in [0.25, 0.3) is 0 Å². The Hall–Kier alpha value is -1.86. The SMILES string of the molecule is CC(C)(C)OC(=O)N1CC(O)C(C)(C)c2c1cnc1cc(Cl)nn21. The van der Waals surface area contributed by atoms with Gasteiger partial charge in [-0.2, -0.15) is 5.10 Å². The van der Waals surface area contributed by atoms with Crippen LogP contribution < -0.4 is 4.90 Å². The molecule has 2 aromatic heterocycles. The lowest BCUT2D eigenvalue weighted by Crippen LogP contribution is -2.53. The van der Waals surface area contributed by atoms with E-state index in [2.05, 4.69) is 10.1 Å². The molecule has 0 aromatic carbocycles. The predicted octanol–water partition coefficient (Wildman–Crippen LogP) is 2.78. The molecule has 0 spiro atoms. The number of β-amino-alcohol motifs (C(OH)–C–C–N with tert-alkyl or cyclic N) is 1. The number of halogens is 1. The second-order valence-corrected chi connectivity index (χ2v) is 7.94. The first-order valence-electron chi connectivity index (χ1n) is 7.74. The number of amides is 1. The Kier molecular flexibility index (Phi) is 3.77. The maximum absolute atomic E-state index is 12.6. The third kappa shape index (κ3) is 2.71. The zero-order chi connectivity index (χ0) is 17.9. The third-order valence-electron chi connectivity index (χ3n) is 4.14. The first-order valence-corrected chi connectivity index (χ1v) is 8.12. The molecule has 24 heavy (non-hydrogen) atoms. The zero-order valence-electron chi connectivity index (χ0n) is 14.4. The van der Waals surface area contributed by atoms with Gasteiger partial charge in [0.2, 0.25) is 0 Å². The molecule has 8 heteroatoms. The minimum Gasteiger partial charge on any atom is -0.443 e. The molecule has 2 aromatic rings. The maximum Gasteiger partial charge on any atom is 0.415 e. The second kappa shape index (κ2) is 5.32. The van der Waals surface area contributed by atoms with Gasteiger partial charge in [-0.25, -0.2) is 14.3 Å². The van der Waals surface area contributed by atoms with Crippen molar-refractivity contribution in [2.45, 2.75) is 51.7 Å². The Morgan fingerprint density at radius 2 is 2.12 bits per heavy atom. The van der Waals surface area contributed by atoms with Gasteiger partial charge in [0.15, 0.2) is 10.8 Å². The fourth-order valence-corrected chi connectivity index (χ4v) is 3.02. The third-order valence-corrected chi connectivity index (χ3v) is 4.32. The van der Waals surface area contributed by atoms with Crippen LogP contribution in [0.15, 0.2) is 12.3 Å². The average molecular weight is 353 g/mol. The molecule has 130 valence electrons. The lowest BCUT2D eigenvalue weighted by atomic mass is 9.79. The van der Waals surface area contributed by atoms with Crippen molar-refractivity contribution in [2.75, 3.05) is 11.4 Å². The summed E-state index contributed by atoms with van der Waals surface area (Å²) in [5.74, 6) is 0. The van der Waals surface area contributed by atoms with E-state index in [1.54, 1.807) is 37.5 Å². The number of aromatic nitrogens is 3. The lowest BCUT2D eigenvalue weighted by molar-refractivity contribution is 0.0489. The van der Waals surface area contributed by atoms with Crippen LogP contribution in [0.3, 0.4) is 0 Å². The van der Waals surface area contributed by atoms with E-state index in [0.29, 0.717) is 22.2 Å². The van der Waals surface area contributed by atoms with E-state index in [-0.39, 0.29) is 6.54 Å². The van der Waals surface area contributed by atoms with Gasteiger partial charge in [-0.05, 0) is 20.8 Å². The molecule has 0 radical (unpaired) electrons. The topological polar surface area (TPSA) is 80.0 Å². The summed E-state index contributed by atoms with van der Waals surface area (Å²) >= 11 is 6.00. The average Bonchev–Trinajstić information content (AvgIpc) is 2.80. The van der Waals surface area contributed by atoms with E-state index in [9.17, 15) is 9.90 Å². The van der Waals surface area contributed by atoms with Gasteiger partial charge in [-0.3, -0.25) is 4.90 Å². The predicted molar refractivity (Wildman–Crippen MR) is 90.6 cm³/mol. The summed E-state index contributed by atoms with van der Waals surface area (Å²) in [6, 6.07) is 1.64. The number of hydrogen-bond donors (Lipinski definition) is 1. The Morgan fingerprint density at radius 3 is 2.75 bits per heavy atom. The summed E-state index contributed by atoms with van der Waals surface area (Å²) in [6.45, 7) is 9.31. The molecule has 0 aliphatic carbocycles. The number of fused-ring (bicyclic) bond motifs is 3. The van der Waals surface area contributed by atoms with Gasteiger partial charge in [-0.1, -0.05) is 25.4 Å². The van der Waals surface area contributed by atoms with E-state index in [1.807, 2.05) is 13.8 Å². The number of aliphatic hydroxyl groups is 1. The van der Waals surface area contributed by atoms with Crippen molar-refractivity contribution in [2.24, 2.45) is 0 Å². The lowest BCUT2D eigenvalue weighted by Gasteiger charge is -2.42. The van der Waals surface area contributed by atoms with Crippen LogP contribution >= 0.6 is 11.6 Å². The highest BCUT2D eigenvalue weighted by molar-refractivity contribution is 6.29. The quantitative estimate of drug-likeness (QED) is 0.788. The Morgan fingerprint density at radius 1 is 1.46 bits per heavy atom. The van der Waals surface area contributed by atoms with Crippen molar-refractivity contribution in [3.8, 4) is 0 Å². The summed E-state index contributed by atoms with van der Waals surface area (Å²) < 4.78 is 7.04. The monoisotopic (exact) mass is 352 g/mol. The van der Waals surface area contributed by atoms with E-state index in [0.717, 1.165) is 0 Å². The number of carbonyl (C=O) groups is 1. The summed E-state index contributed by atoms with van der Waals surface area (Å²) in [5, 5.41) is 15.2. The molecule has 7 nitrogen and oxygen atoms in total. The molecule has 0 saturated carbocycles. The first kappa shape index (κ1) is 17.0. The van der Waals surface area contributed by atoms with Gasteiger partial charge in [0.1, 0.15) is 5.60 Å². The highest BCUT2D eigenvalue weighted by Gasteiger charge is 2.44. The van der Waals surface area contributed by atoms with Crippen LogP contribution in [0.4, 0.5) is 10.5 Å². The minimum atomic E-state index is -0.786. The van der Waals surface area contributed by atoms with Crippen LogP contribution in [-0.2, 0) is 10.2 Å². The largest absolute Gasteiger partial charge is 0.443 e. The van der Waals surface area contributed by atoms with Gasteiger partial charge >= 0.3 is 6.09 Å². The van der Waals surface area contributed by atoms with Crippen molar-refractivity contribution in [3.05, 3.63) is 23.1 Å². The van der Waals surface area contributed by atoms with E-state index >= 15 is 0 Å². The van der Waals surface area contributed by atoms with E-state index < -0.39 is 23.2 Å². The molecule has 3 rings (SSSR count). The van der Waals surface area contributed by atoms with Crippen molar-refractivity contribution in [1.29, 1.82) is 0 Å². The highest BCUT2D eigenvalue weighted by atomic mass is 35.5. The Labute approximate surface area is 145 Å². The maximum atomic E-state index is 12.6. The normalized spacial score (nSPS) is 20.1. The molecular formula is C16H21ClN4O3. The van der Waals surface area contributed by atoms with Crippen molar-refractivity contribution in [1.82, 2.24) is 14.6 Å². The molecule has 1 N–H and O–H groups in total. The molecule has 3 heterocycles. The van der Waals surface area contributed by atoms with Crippen LogP contribution in [0.25, 0.3) is 5.65 Å². The molecule has 0 bridgehead atoms. The number of ether oxygens (including phenoxy) is 1. The van der Waals surface area contributed by atoms with Crippen LogP contribution in [-0.4, -0.2) is 44.0 Å². The Bertz CT molecular complexity index is 809. The first-order chi connectivity index (χ1) is 11.0. The van der Waals surface area contributed by atoms with Crippen molar-refractivity contribution >= 4 is 29.0 Å². The summed E-state index contributed by atoms with van der Waals surface area (Å²) in [6.07, 6.45) is 0.282. The molecule has 0 fully saturated rings. The number of anilines is 1. The van der Waals surface area contributed by atoms with Gasteiger partial charge in [0, 0.05) is 11.5 Å². The fraction of sp³-hybridized carbons (Fsp3) is 0.562. The van der Waals surface area contributed by atoms with Crippen LogP contribution in [0.5, 0.6) is 0 Å². The molecule has 1 amide bonds. The summed E-state index contributed by atoms with van der Waals surface area (Å²) in [5.41, 5.74) is 0.521. The summed E-state index contributed by atoms with van der Waals surface area (Å²) in [4.78, 5) is 18.3. The molecule has 1 unspecified atom stereocenters. The Balaban J connectivity index is 2.18. The minimum absolute atomic E-state index is 0.122. The fourth-order valence-electron chi connectivity index (χ4n) is 2.84. The van der Waals surface area contributed by atoms with E-state index in [1.165, 1.54) is 4.90 Å². The van der Waals surface area contributed by atoms with Gasteiger partial charge < -0.3 is 9.84 Å². The van der Waals surface area contributed by atoms with Crippen molar-refractivity contribution in [3.63, 3.8) is 0 Å². The molecular weight excluding hydrogens is 332 g/mol. The number of rotatable bonds is 0. The summed E-state index contributed by atoms with van der Waals surface area (Å²) in [7, 11) is 0. The standard InChI is InChI=1S/C16H21ClN4O3/c1-15(2,3)24-14(23)20-8-10(22)16(4,5)13-9(20)7-18-12-6-11(17)19-21(12)13/h6-7,10,22H,8H2,1-5H3. The second-order valence-electron chi connectivity index (χ2n) is 7.56. The number of nitrogens with zero attached hydrogens (tertiary/aromatic N) is 4. The van der Waals surface area contributed by atoms with Crippen LogP contribution in [0.2, 0.25) is 5.15 Å². The molecule has 1 aliphatic rings. The number of aliphatic hydroxyl groups excluding tert-OH is 1. The number of carbonyl (C=O) groups excluding carboxylic acids is 1. The molecule has 1 atom stereocenters. The van der Waals surface area contributed by atoms with Crippen LogP contribution in [0.1, 0.15) is 40.3 Å². The smallest absolute Gasteiger partial charge is 0.415 e. The van der Waals surface area contributed by atoms with Crippen LogP contribution in [0, 0.1) is 0 Å².